The van der Waals surface area contributed by atoms with Crippen LogP contribution in [0.25, 0.3) is 0 Å². The molecule has 1 saturated heterocycles. The van der Waals surface area contributed by atoms with Crippen LogP contribution in [0, 0.1) is 0 Å². The molecule has 1 N–H and O–H groups in total. The highest BCUT2D eigenvalue weighted by Gasteiger charge is 2.47. The fraction of sp³-hybridized carbons (Fsp3) is 0.375. The van der Waals surface area contributed by atoms with E-state index in [4.69, 9.17) is 13.9 Å². The van der Waals surface area contributed by atoms with Crippen LogP contribution >= 0.6 is 0 Å². The van der Waals surface area contributed by atoms with E-state index >= 15 is 0 Å². The van der Waals surface area contributed by atoms with Crippen molar-refractivity contribution in [2.45, 2.75) is 37.6 Å². The van der Waals surface area contributed by atoms with Crippen molar-refractivity contribution in [3.8, 4) is 5.75 Å². The highest BCUT2D eigenvalue weighted by Crippen LogP contribution is 2.40. The Labute approximate surface area is 191 Å². The van der Waals surface area contributed by atoms with Crippen LogP contribution in [0.1, 0.15) is 34.6 Å². The molecule has 3 aromatic rings. The molecule has 0 saturated carbocycles. The van der Waals surface area contributed by atoms with E-state index in [-0.39, 0.29) is 11.8 Å². The number of imidazole rings is 1. The summed E-state index contributed by atoms with van der Waals surface area (Å²) >= 11 is 0. The summed E-state index contributed by atoms with van der Waals surface area (Å²) < 4.78 is 18.7. The summed E-state index contributed by atoms with van der Waals surface area (Å²) in [6.45, 7) is 1.80. The molecule has 33 heavy (non-hydrogen) atoms. The molecule has 5 rings (SSSR count). The van der Waals surface area contributed by atoms with Gasteiger partial charge in [-0.1, -0.05) is 12.1 Å². The predicted molar refractivity (Wildman–Crippen MR) is 117 cm³/mol. The van der Waals surface area contributed by atoms with Gasteiger partial charge in [0.05, 0.1) is 25.5 Å². The maximum Gasteiger partial charge on any atom is 0.257 e. The van der Waals surface area contributed by atoms with Crippen molar-refractivity contribution >= 4 is 11.8 Å². The largest absolute Gasteiger partial charge is 0.497 e. The molecule has 9 heteroatoms. The van der Waals surface area contributed by atoms with Gasteiger partial charge in [0.2, 0.25) is 0 Å². The van der Waals surface area contributed by atoms with E-state index in [0.717, 1.165) is 17.1 Å². The van der Waals surface area contributed by atoms with Gasteiger partial charge in [0.1, 0.15) is 23.4 Å². The van der Waals surface area contributed by atoms with Gasteiger partial charge in [0.15, 0.2) is 6.10 Å². The highest BCUT2D eigenvalue weighted by atomic mass is 16.5. The van der Waals surface area contributed by atoms with Gasteiger partial charge in [-0.15, -0.1) is 0 Å². The van der Waals surface area contributed by atoms with Crippen LogP contribution in [0.2, 0.25) is 0 Å². The zero-order chi connectivity index (χ0) is 22.8. The van der Waals surface area contributed by atoms with Crippen molar-refractivity contribution in [2.75, 3.05) is 20.2 Å². The molecule has 9 nitrogen and oxygen atoms in total. The minimum atomic E-state index is -0.701. The second-order valence-electron chi connectivity index (χ2n) is 8.38. The zero-order valence-corrected chi connectivity index (χ0v) is 18.4. The fourth-order valence-electron chi connectivity index (χ4n) is 4.60. The number of aromatic nitrogens is 2. The number of furan rings is 1. The molecule has 172 valence electrons. The average Bonchev–Trinajstić information content (AvgIpc) is 3.55. The van der Waals surface area contributed by atoms with E-state index in [1.165, 1.54) is 12.5 Å². The van der Waals surface area contributed by atoms with E-state index in [2.05, 4.69) is 10.3 Å². The number of piperidine rings is 1. The summed E-state index contributed by atoms with van der Waals surface area (Å²) in [4.78, 5) is 32.1. The fourth-order valence-corrected chi connectivity index (χ4v) is 4.60. The van der Waals surface area contributed by atoms with Gasteiger partial charge in [-0.2, -0.15) is 0 Å². The molecular formula is C24H26N4O5. The van der Waals surface area contributed by atoms with Gasteiger partial charge < -0.3 is 28.7 Å². The topological polar surface area (TPSA) is 98.8 Å². The molecule has 1 fully saturated rings. The number of hydrogen-bond acceptors (Lipinski definition) is 6. The predicted octanol–water partition coefficient (Wildman–Crippen LogP) is 2.33. The number of carbonyl (C=O) groups is 2. The van der Waals surface area contributed by atoms with E-state index in [0.29, 0.717) is 44.6 Å². The Balaban J connectivity index is 1.27. The van der Waals surface area contributed by atoms with Gasteiger partial charge in [0.25, 0.3) is 11.8 Å². The number of likely N-dealkylation sites (tertiary alicyclic amines) is 1. The standard InChI is InChI=1S/C24H26N4O5/c1-31-19-4-2-3-17(13-19)14-26-21(29)20-15-28-11-8-25-23(28)24(33-20)6-9-27(10-7-24)22(30)18-5-12-32-16-18/h2-5,8,11-13,16,20H,6-7,9-10,14-15H2,1H3,(H,26,29)/t20-/m1/s1. The summed E-state index contributed by atoms with van der Waals surface area (Å²) in [5, 5.41) is 2.98. The first-order chi connectivity index (χ1) is 16.1. The maximum absolute atomic E-state index is 13.0. The second-order valence-corrected chi connectivity index (χ2v) is 8.38. The molecule has 0 bridgehead atoms. The molecule has 1 aromatic carbocycles. The number of nitrogens with one attached hydrogen (secondary N) is 1. The second kappa shape index (κ2) is 8.74. The normalized spacial score (nSPS) is 19.2. The van der Waals surface area contributed by atoms with Crippen LogP contribution < -0.4 is 10.1 Å². The Hall–Kier alpha value is -3.59. The molecule has 1 spiro atoms. The van der Waals surface area contributed by atoms with Crippen molar-refractivity contribution in [2.24, 2.45) is 0 Å². The van der Waals surface area contributed by atoms with Gasteiger partial charge in [-0.3, -0.25) is 9.59 Å². The van der Waals surface area contributed by atoms with Gasteiger partial charge in [-0.05, 0) is 23.8 Å². The van der Waals surface area contributed by atoms with E-state index in [1.54, 1.807) is 24.3 Å². The molecule has 0 unspecified atom stereocenters. The van der Waals surface area contributed by atoms with E-state index in [9.17, 15) is 9.59 Å². The Morgan fingerprint density at radius 1 is 1.27 bits per heavy atom. The quantitative estimate of drug-likeness (QED) is 0.641. The minimum Gasteiger partial charge on any atom is -0.497 e. The van der Waals surface area contributed by atoms with Gasteiger partial charge in [0, 0.05) is 44.9 Å². The molecule has 2 aliphatic heterocycles. The third-order valence-electron chi connectivity index (χ3n) is 6.37. The van der Waals surface area contributed by atoms with Crippen molar-refractivity contribution in [1.29, 1.82) is 0 Å². The first-order valence-corrected chi connectivity index (χ1v) is 11.0. The number of ether oxygens (including phenoxy) is 2. The van der Waals surface area contributed by atoms with E-state index in [1.807, 2.05) is 35.0 Å². The third-order valence-corrected chi connectivity index (χ3v) is 6.37. The van der Waals surface area contributed by atoms with Crippen molar-refractivity contribution in [1.82, 2.24) is 19.8 Å². The van der Waals surface area contributed by atoms with Gasteiger partial charge >= 0.3 is 0 Å². The monoisotopic (exact) mass is 450 g/mol. The number of amides is 2. The number of rotatable bonds is 5. The lowest BCUT2D eigenvalue weighted by atomic mass is 9.88. The number of hydrogen-bond donors (Lipinski definition) is 1. The lowest BCUT2D eigenvalue weighted by Gasteiger charge is -2.45. The molecule has 2 aromatic heterocycles. The van der Waals surface area contributed by atoms with Crippen LogP contribution in [0.5, 0.6) is 5.75 Å². The number of nitrogens with zero attached hydrogens (tertiary/aromatic N) is 3. The molecule has 4 heterocycles. The average molecular weight is 450 g/mol. The summed E-state index contributed by atoms with van der Waals surface area (Å²) in [6, 6.07) is 9.25. The third kappa shape index (κ3) is 4.11. The van der Waals surface area contributed by atoms with Gasteiger partial charge in [-0.25, -0.2) is 4.98 Å². The molecular weight excluding hydrogens is 424 g/mol. The van der Waals surface area contributed by atoms with E-state index < -0.39 is 11.7 Å². The zero-order valence-electron chi connectivity index (χ0n) is 18.4. The molecule has 0 aliphatic carbocycles. The molecule has 2 amide bonds. The van der Waals surface area contributed by atoms with Crippen molar-refractivity contribution in [3.05, 3.63) is 72.2 Å². The number of methoxy groups -OCH3 is 1. The van der Waals surface area contributed by atoms with Crippen LogP contribution in [-0.2, 0) is 28.2 Å². The van der Waals surface area contributed by atoms with Crippen LogP contribution in [-0.4, -0.2) is 52.6 Å². The first-order valence-electron chi connectivity index (χ1n) is 11.0. The smallest absolute Gasteiger partial charge is 0.257 e. The maximum atomic E-state index is 13.0. The molecule has 1 atom stereocenters. The Morgan fingerprint density at radius 3 is 2.88 bits per heavy atom. The molecule has 0 radical (unpaired) electrons. The lowest BCUT2D eigenvalue weighted by molar-refractivity contribution is -0.172. The van der Waals surface area contributed by atoms with Crippen LogP contribution in [0.3, 0.4) is 0 Å². The summed E-state index contributed by atoms with van der Waals surface area (Å²) in [5.41, 5.74) is 0.779. The Kier molecular flexibility index (Phi) is 5.63. The van der Waals surface area contributed by atoms with Crippen LogP contribution in [0.15, 0.2) is 59.7 Å². The number of benzene rings is 1. The minimum absolute atomic E-state index is 0.0645. The van der Waals surface area contributed by atoms with Crippen molar-refractivity contribution < 1.29 is 23.5 Å². The van der Waals surface area contributed by atoms with Crippen LogP contribution in [0.4, 0.5) is 0 Å². The first kappa shape index (κ1) is 21.3. The lowest BCUT2D eigenvalue weighted by Crippen LogP contribution is -2.54. The SMILES string of the molecule is COc1cccc(CNC(=O)[C@H]2Cn3ccnc3C3(CCN(C(=O)c4ccoc4)CC3)O2)c1. The molecule has 2 aliphatic rings. The summed E-state index contributed by atoms with van der Waals surface area (Å²) in [5.74, 6) is 1.32. The summed E-state index contributed by atoms with van der Waals surface area (Å²) in [6.07, 6.45) is 7.05. The Morgan fingerprint density at radius 2 is 2.12 bits per heavy atom. The number of fused-ring (bicyclic) bond motifs is 2. The highest BCUT2D eigenvalue weighted by molar-refractivity contribution is 5.93. The van der Waals surface area contributed by atoms with Crippen molar-refractivity contribution in [3.63, 3.8) is 0 Å². The number of carbonyl (C=O) groups excluding carboxylic acids is 2. The Bertz CT molecular complexity index is 1130. The summed E-state index contributed by atoms with van der Waals surface area (Å²) in [7, 11) is 1.61.